The third kappa shape index (κ3) is 3.88. The molecule has 1 amide bonds. The Morgan fingerprint density at radius 2 is 2.19 bits per heavy atom. The summed E-state index contributed by atoms with van der Waals surface area (Å²) in [6.07, 6.45) is 0. The third-order valence-corrected chi connectivity index (χ3v) is 6.05. The molecule has 0 fully saturated rings. The summed E-state index contributed by atoms with van der Waals surface area (Å²) >= 11 is 2.57. The molecule has 0 aliphatic heterocycles. The highest BCUT2D eigenvalue weighted by Gasteiger charge is 2.13. The molecule has 26 heavy (non-hydrogen) atoms. The van der Waals surface area contributed by atoms with Gasteiger partial charge < -0.3 is 15.0 Å². The molecule has 3 aromatic rings. The lowest BCUT2D eigenvalue weighted by Crippen LogP contribution is -2.27. The summed E-state index contributed by atoms with van der Waals surface area (Å²) in [4.78, 5) is 28.1. The van der Waals surface area contributed by atoms with Crippen LogP contribution in [-0.2, 0) is 18.4 Å². The number of hydrogen-bond acceptors (Lipinski definition) is 6. The van der Waals surface area contributed by atoms with Gasteiger partial charge in [0.2, 0.25) is 11.3 Å². The molecule has 1 aromatic carbocycles. The van der Waals surface area contributed by atoms with E-state index in [1.165, 1.54) is 41.3 Å². The van der Waals surface area contributed by atoms with Crippen LogP contribution in [0.1, 0.15) is 11.4 Å². The lowest BCUT2D eigenvalue weighted by molar-refractivity contribution is -0.118. The lowest BCUT2D eigenvalue weighted by Gasteiger charge is -2.14. The van der Waals surface area contributed by atoms with Gasteiger partial charge in [0, 0.05) is 18.8 Å². The number of carbonyl (C=O) groups is 1. The Kier molecular flexibility index (Phi) is 5.28. The number of nitrogens with zero attached hydrogens (tertiary/aromatic N) is 2. The normalized spacial score (nSPS) is 11.0. The Balaban J connectivity index is 1.62. The van der Waals surface area contributed by atoms with Crippen molar-refractivity contribution in [3.05, 3.63) is 51.7 Å². The van der Waals surface area contributed by atoms with E-state index >= 15 is 0 Å². The van der Waals surface area contributed by atoms with Gasteiger partial charge in [0.15, 0.2) is 10.1 Å². The van der Waals surface area contributed by atoms with Gasteiger partial charge in [-0.15, -0.1) is 11.3 Å². The van der Waals surface area contributed by atoms with Crippen molar-refractivity contribution in [3.8, 4) is 5.75 Å². The van der Waals surface area contributed by atoms with Gasteiger partial charge in [-0.25, -0.2) is 9.37 Å². The van der Waals surface area contributed by atoms with E-state index < -0.39 is 5.43 Å². The Morgan fingerprint density at radius 3 is 2.96 bits per heavy atom. The van der Waals surface area contributed by atoms with E-state index in [1.54, 1.807) is 24.6 Å². The fourth-order valence-electron chi connectivity index (χ4n) is 2.37. The average molecular weight is 393 g/mol. The molecule has 9 heteroatoms. The standard InChI is InChI=1S/C17H16FN3O3S2/c1-9-5-13(22)16(24)12(21(9)2)7-19-15(23)8-25-17-20-11-4-3-10(18)6-14(11)26-17/h3-6,24H,7-8H2,1-2H3,(H,19,23). The number of halogens is 1. The van der Waals surface area contributed by atoms with Crippen LogP contribution in [0.5, 0.6) is 5.75 Å². The zero-order chi connectivity index (χ0) is 18.8. The molecule has 2 aromatic heterocycles. The molecule has 0 aliphatic rings. The van der Waals surface area contributed by atoms with E-state index in [1.807, 2.05) is 0 Å². The zero-order valence-corrected chi connectivity index (χ0v) is 15.7. The monoisotopic (exact) mass is 393 g/mol. The molecule has 0 atom stereocenters. The fourth-order valence-corrected chi connectivity index (χ4v) is 4.29. The van der Waals surface area contributed by atoms with Gasteiger partial charge in [0.05, 0.1) is 28.2 Å². The van der Waals surface area contributed by atoms with E-state index in [0.717, 1.165) is 4.70 Å². The predicted octanol–water partition coefficient (Wildman–Crippen LogP) is 2.56. The quantitative estimate of drug-likeness (QED) is 0.651. The van der Waals surface area contributed by atoms with Crippen LogP contribution in [0.2, 0.25) is 0 Å². The number of aryl methyl sites for hydroxylation is 1. The minimum Gasteiger partial charge on any atom is -0.503 e. The Morgan fingerprint density at radius 1 is 1.42 bits per heavy atom. The first kappa shape index (κ1) is 18.4. The summed E-state index contributed by atoms with van der Waals surface area (Å²) in [6, 6.07) is 5.71. The maximum absolute atomic E-state index is 13.2. The van der Waals surface area contributed by atoms with Gasteiger partial charge >= 0.3 is 0 Å². The first-order valence-corrected chi connectivity index (χ1v) is 9.49. The van der Waals surface area contributed by atoms with Gasteiger partial charge in [-0.3, -0.25) is 9.59 Å². The Hall–Kier alpha value is -2.39. The number of aromatic nitrogens is 2. The van der Waals surface area contributed by atoms with Crippen molar-refractivity contribution in [1.82, 2.24) is 14.9 Å². The zero-order valence-electron chi connectivity index (χ0n) is 14.1. The Bertz CT molecular complexity index is 1050. The molecule has 0 saturated carbocycles. The lowest BCUT2D eigenvalue weighted by atomic mass is 10.2. The molecular formula is C17H16FN3O3S2. The van der Waals surface area contributed by atoms with Crippen molar-refractivity contribution in [2.24, 2.45) is 7.05 Å². The Labute approximate surface area is 156 Å². The van der Waals surface area contributed by atoms with Crippen LogP contribution in [0, 0.1) is 12.7 Å². The van der Waals surface area contributed by atoms with Crippen molar-refractivity contribution in [1.29, 1.82) is 0 Å². The molecule has 0 spiro atoms. The summed E-state index contributed by atoms with van der Waals surface area (Å²) < 4.78 is 16.3. The van der Waals surface area contributed by atoms with Gasteiger partial charge in [0.1, 0.15) is 5.82 Å². The van der Waals surface area contributed by atoms with E-state index in [-0.39, 0.29) is 29.8 Å². The molecule has 0 aliphatic carbocycles. The molecular weight excluding hydrogens is 377 g/mol. The van der Waals surface area contributed by atoms with Crippen molar-refractivity contribution in [2.75, 3.05) is 5.75 Å². The summed E-state index contributed by atoms with van der Waals surface area (Å²) in [7, 11) is 1.71. The number of hydrogen-bond donors (Lipinski definition) is 2. The molecule has 136 valence electrons. The number of amides is 1. The highest BCUT2D eigenvalue weighted by molar-refractivity contribution is 8.01. The maximum atomic E-state index is 13.2. The largest absolute Gasteiger partial charge is 0.503 e. The van der Waals surface area contributed by atoms with Crippen LogP contribution in [-0.4, -0.2) is 26.3 Å². The van der Waals surface area contributed by atoms with Crippen LogP contribution < -0.4 is 10.7 Å². The minimum atomic E-state index is -0.471. The topological polar surface area (TPSA) is 84.2 Å². The van der Waals surface area contributed by atoms with Gasteiger partial charge in [0.25, 0.3) is 0 Å². The molecule has 0 unspecified atom stereocenters. The molecule has 2 N–H and O–H groups in total. The van der Waals surface area contributed by atoms with Crippen LogP contribution in [0.4, 0.5) is 4.39 Å². The van der Waals surface area contributed by atoms with Crippen LogP contribution in [0.15, 0.2) is 33.4 Å². The second kappa shape index (κ2) is 7.46. The number of benzene rings is 1. The number of carbonyl (C=O) groups excluding carboxylic acids is 1. The van der Waals surface area contributed by atoms with Crippen molar-refractivity contribution < 1.29 is 14.3 Å². The van der Waals surface area contributed by atoms with Crippen LogP contribution in [0.3, 0.4) is 0 Å². The summed E-state index contributed by atoms with van der Waals surface area (Å²) in [5, 5.41) is 12.6. The first-order valence-electron chi connectivity index (χ1n) is 7.69. The predicted molar refractivity (Wildman–Crippen MR) is 100 cm³/mol. The second-order valence-electron chi connectivity index (χ2n) is 5.66. The number of thiazole rings is 1. The van der Waals surface area contributed by atoms with E-state index in [4.69, 9.17) is 0 Å². The van der Waals surface area contributed by atoms with E-state index in [0.29, 0.717) is 21.2 Å². The number of aromatic hydroxyl groups is 1. The summed E-state index contributed by atoms with van der Waals surface area (Å²) in [5.74, 6) is -0.810. The number of nitrogens with one attached hydrogen (secondary N) is 1. The maximum Gasteiger partial charge on any atom is 0.230 e. The van der Waals surface area contributed by atoms with E-state index in [9.17, 15) is 19.1 Å². The first-order chi connectivity index (χ1) is 12.3. The van der Waals surface area contributed by atoms with Crippen LogP contribution in [0.25, 0.3) is 10.2 Å². The highest BCUT2D eigenvalue weighted by atomic mass is 32.2. The number of thioether (sulfide) groups is 1. The summed E-state index contributed by atoms with van der Waals surface area (Å²) in [6.45, 7) is 1.79. The number of rotatable bonds is 5. The van der Waals surface area contributed by atoms with Gasteiger partial charge in [-0.1, -0.05) is 11.8 Å². The van der Waals surface area contributed by atoms with Crippen molar-refractivity contribution >= 4 is 39.2 Å². The molecule has 0 bridgehead atoms. The smallest absolute Gasteiger partial charge is 0.230 e. The molecule has 0 saturated heterocycles. The fraction of sp³-hybridized carbons (Fsp3) is 0.235. The number of pyridine rings is 1. The van der Waals surface area contributed by atoms with Crippen LogP contribution >= 0.6 is 23.1 Å². The van der Waals surface area contributed by atoms with Crippen molar-refractivity contribution in [2.45, 2.75) is 17.8 Å². The number of fused-ring (bicyclic) bond motifs is 1. The van der Waals surface area contributed by atoms with Crippen molar-refractivity contribution in [3.63, 3.8) is 0 Å². The molecule has 6 nitrogen and oxygen atoms in total. The SMILES string of the molecule is Cc1cc(=O)c(O)c(CNC(=O)CSc2nc3ccc(F)cc3s2)n1C. The molecule has 3 rings (SSSR count). The highest BCUT2D eigenvalue weighted by Crippen LogP contribution is 2.29. The van der Waals surface area contributed by atoms with E-state index in [2.05, 4.69) is 10.3 Å². The van der Waals surface area contributed by atoms with Gasteiger partial charge in [-0.2, -0.15) is 0 Å². The second-order valence-corrected chi connectivity index (χ2v) is 7.91. The third-order valence-electron chi connectivity index (χ3n) is 3.89. The molecule has 0 radical (unpaired) electrons. The minimum absolute atomic E-state index is 0.0453. The molecule has 2 heterocycles. The van der Waals surface area contributed by atoms with Gasteiger partial charge in [-0.05, 0) is 25.1 Å². The summed E-state index contributed by atoms with van der Waals surface area (Å²) in [5.41, 5.74) is 1.26. The average Bonchev–Trinajstić information content (AvgIpc) is 3.00.